The molecule has 6 heteroatoms. The van der Waals surface area contributed by atoms with E-state index in [1.54, 1.807) is 0 Å². The lowest BCUT2D eigenvalue weighted by Gasteiger charge is -2.18. The fraction of sp³-hybridized carbons (Fsp3) is 0.838. The van der Waals surface area contributed by atoms with Crippen LogP contribution in [0.4, 0.5) is 0 Å². The van der Waals surface area contributed by atoms with Gasteiger partial charge in [-0.2, -0.15) is 0 Å². The second kappa shape index (κ2) is 62.9. The first-order chi connectivity index (χ1) is 36.5. The number of carbonyl (C=O) groups excluding carboxylic acids is 3. The topological polar surface area (TPSA) is 78.9 Å². The van der Waals surface area contributed by atoms with E-state index in [-0.39, 0.29) is 31.1 Å². The molecule has 0 spiro atoms. The summed E-state index contributed by atoms with van der Waals surface area (Å²) in [6, 6.07) is 0. The van der Waals surface area contributed by atoms with Crippen molar-refractivity contribution in [2.45, 2.75) is 354 Å². The van der Waals surface area contributed by atoms with Crippen molar-refractivity contribution < 1.29 is 28.6 Å². The van der Waals surface area contributed by atoms with E-state index >= 15 is 0 Å². The number of unbranched alkanes of at least 4 members (excludes halogenated alkanes) is 41. The number of hydrogen-bond acceptors (Lipinski definition) is 6. The predicted molar refractivity (Wildman–Crippen MR) is 321 cm³/mol. The van der Waals surface area contributed by atoms with Gasteiger partial charge in [0.2, 0.25) is 0 Å². The Labute approximate surface area is 460 Å². The molecule has 1 unspecified atom stereocenters. The van der Waals surface area contributed by atoms with E-state index in [0.29, 0.717) is 19.3 Å². The minimum atomic E-state index is -0.787. The van der Waals surface area contributed by atoms with Crippen molar-refractivity contribution in [1.82, 2.24) is 0 Å². The highest BCUT2D eigenvalue weighted by atomic mass is 16.6. The van der Waals surface area contributed by atoms with Gasteiger partial charge >= 0.3 is 17.9 Å². The molecule has 0 aromatic heterocycles. The maximum Gasteiger partial charge on any atom is 0.306 e. The van der Waals surface area contributed by atoms with Crippen LogP contribution in [0.25, 0.3) is 0 Å². The van der Waals surface area contributed by atoms with Gasteiger partial charge in [-0.1, -0.05) is 320 Å². The SMILES string of the molecule is CC/C=C\C/C=C\C/C=C\C/C=C\CCCCC(=O)OCC(COC(=O)CCCCCCCCCCCCCCCCCCCCCCC)OC(=O)CCCCCCCCCCCCCCCCCCCCCC. The minimum Gasteiger partial charge on any atom is -0.462 e. The van der Waals surface area contributed by atoms with E-state index in [0.717, 1.165) is 83.5 Å². The van der Waals surface area contributed by atoms with E-state index in [2.05, 4.69) is 69.4 Å². The normalized spacial score (nSPS) is 12.3. The fourth-order valence-corrected chi connectivity index (χ4v) is 9.73. The number of ether oxygens (including phenoxy) is 3. The number of allylic oxidation sites excluding steroid dienone is 8. The van der Waals surface area contributed by atoms with E-state index < -0.39 is 6.10 Å². The van der Waals surface area contributed by atoms with Gasteiger partial charge in [0.1, 0.15) is 13.2 Å². The first-order valence-electron chi connectivity index (χ1n) is 32.6. The van der Waals surface area contributed by atoms with Crippen LogP contribution in [0.5, 0.6) is 0 Å². The van der Waals surface area contributed by atoms with Crippen LogP contribution >= 0.6 is 0 Å². The quantitative estimate of drug-likeness (QED) is 0.0261. The highest BCUT2D eigenvalue weighted by molar-refractivity contribution is 5.71. The summed E-state index contributed by atoms with van der Waals surface area (Å²) in [5.41, 5.74) is 0. The molecule has 0 aliphatic carbocycles. The standard InChI is InChI=1S/C68H124O6/c1-4-7-10-13-16-19-22-25-28-30-32-34-36-37-40-43-46-49-52-55-58-61-67(70)73-64-65(63-72-66(69)60-57-54-51-48-45-42-39-27-24-21-18-15-12-9-6-3)74-68(71)62-59-56-53-50-47-44-41-38-35-33-31-29-26-23-20-17-14-11-8-5-2/h9,12,18,21,27,39,45,48,65H,4-8,10-11,13-17,19-20,22-26,28-38,40-44,46-47,49-64H2,1-3H3/b12-9-,21-18-,39-27-,48-45-. The van der Waals surface area contributed by atoms with Crippen molar-refractivity contribution in [1.29, 1.82) is 0 Å². The summed E-state index contributed by atoms with van der Waals surface area (Å²) in [4.78, 5) is 38.3. The molecule has 0 aliphatic heterocycles. The zero-order chi connectivity index (χ0) is 53.6. The monoisotopic (exact) mass is 1040 g/mol. The van der Waals surface area contributed by atoms with Crippen LogP contribution in [0.15, 0.2) is 48.6 Å². The summed E-state index contributed by atoms with van der Waals surface area (Å²) < 4.78 is 16.9. The van der Waals surface area contributed by atoms with Crippen LogP contribution in [0, 0.1) is 0 Å². The Morgan fingerprint density at radius 2 is 0.527 bits per heavy atom. The van der Waals surface area contributed by atoms with Crippen LogP contribution in [-0.4, -0.2) is 37.2 Å². The molecule has 0 rings (SSSR count). The van der Waals surface area contributed by atoms with E-state index in [4.69, 9.17) is 14.2 Å². The maximum atomic E-state index is 12.9. The van der Waals surface area contributed by atoms with Gasteiger partial charge in [-0.15, -0.1) is 0 Å². The summed E-state index contributed by atoms with van der Waals surface area (Å²) in [7, 11) is 0. The lowest BCUT2D eigenvalue weighted by atomic mass is 10.0. The van der Waals surface area contributed by atoms with Gasteiger partial charge in [-0.05, 0) is 57.8 Å². The Balaban J connectivity index is 4.33. The molecule has 0 saturated carbocycles. The average Bonchev–Trinajstić information content (AvgIpc) is 3.40. The molecule has 0 N–H and O–H groups in total. The van der Waals surface area contributed by atoms with Gasteiger partial charge in [0.25, 0.3) is 0 Å². The van der Waals surface area contributed by atoms with Crippen LogP contribution in [0.3, 0.4) is 0 Å². The summed E-state index contributed by atoms with van der Waals surface area (Å²) in [5.74, 6) is -0.900. The molecular formula is C68H124O6. The minimum absolute atomic E-state index is 0.0812. The zero-order valence-electron chi connectivity index (χ0n) is 49.6. The number of rotatable bonds is 60. The Bertz CT molecular complexity index is 1280. The first kappa shape index (κ1) is 71.4. The molecule has 0 aliphatic rings. The molecule has 0 fully saturated rings. The third kappa shape index (κ3) is 60.2. The Hall–Kier alpha value is -2.63. The van der Waals surface area contributed by atoms with Crippen molar-refractivity contribution in [3.63, 3.8) is 0 Å². The van der Waals surface area contributed by atoms with E-state index in [9.17, 15) is 14.4 Å². The first-order valence-corrected chi connectivity index (χ1v) is 32.6. The number of carbonyl (C=O) groups is 3. The molecular weight excluding hydrogens is 913 g/mol. The second-order valence-corrected chi connectivity index (χ2v) is 22.0. The van der Waals surface area contributed by atoms with Crippen molar-refractivity contribution in [3.05, 3.63) is 48.6 Å². The third-order valence-corrected chi connectivity index (χ3v) is 14.6. The maximum absolute atomic E-state index is 12.9. The van der Waals surface area contributed by atoms with Crippen molar-refractivity contribution in [3.8, 4) is 0 Å². The zero-order valence-corrected chi connectivity index (χ0v) is 49.6. The molecule has 0 bridgehead atoms. The predicted octanol–water partition coefficient (Wildman–Crippen LogP) is 22.2. The van der Waals surface area contributed by atoms with Crippen LogP contribution < -0.4 is 0 Å². The van der Waals surface area contributed by atoms with Crippen LogP contribution in [-0.2, 0) is 28.6 Å². The molecule has 0 radical (unpaired) electrons. The lowest BCUT2D eigenvalue weighted by Crippen LogP contribution is -2.30. The lowest BCUT2D eigenvalue weighted by molar-refractivity contribution is -0.167. The molecule has 0 aromatic carbocycles. The Morgan fingerprint density at radius 3 is 0.824 bits per heavy atom. The third-order valence-electron chi connectivity index (χ3n) is 14.6. The highest BCUT2D eigenvalue weighted by Gasteiger charge is 2.19. The summed E-state index contributed by atoms with van der Waals surface area (Å²) in [5, 5.41) is 0. The van der Waals surface area contributed by atoms with E-state index in [1.807, 2.05) is 0 Å². The molecule has 6 nitrogen and oxygen atoms in total. The number of hydrogen-bond donors (Lipinski definition) is 0. The average molecular weight is 1040 g/mol. The van der Waals surface area contributed by atoms with Crippen molar-refractivity contribution in [2.24, 2.45) is 0 Å². The molecule has 0 saturated heterocycles. The molecule has 432 valence electrons. The van der Waals surface area contributed by atoms with Gasteiger partial charge in [-0.25, -0.2) is 0 Å². The Kier molecular flexibility index (Phi) is 60.7. The van der Waals surface area contributed by atoms with Crippen molar-refractivity contribution >= 4 is 17.9 Å². The summed E-state index contributed by atoms with van der Waals surface area (Å²) in [6.07, 6.45) is 78.4. The second-order valence-electron chi connectivity index (χ2n) is 22.0. The van der Waals surface area contributed by atoms with Crippen molar-refractivity contribution in [2.75, 3.05) is 13.2 Å². The summed E-state index contributed by atoms with van der Waals surface area (Å²) in [6.45, 7) is 6.56. The van der Waals surface area contributed by atoms with Gasteiger partial charge in [0, 0.05) is 19.3 Å². The largest absolute Gasteiger partial charge is 0.462 e. The summed E-state index contributed by atoms with van der Waals surface area (Å²) >= 11 is 0. The highest BCUT2D eigenvalue weighted by Crippen LogP contribution is 2.18. The fourth-order valence-electron chi connectivity index (χ4n) is 9.73. The molecule has 1 atom stereocenters. The smallest absolute Gasteiger partial charge is 0.306 e. The Morgan fingerprint density at radius 1 is 0.284 bits per heavy atom. The van der Waals surface area contributed by atoms with Gasteiger partial charge in [0.15, 0.2) is 6.10 Å². The van der Waals surface area contributed by atoms with Crippen LogP contribution in [0.1, 0.15) is 348 Å². The molecule has 74 heavy (non-hydrogen) atoms. The van der Waals surface area contributed by atoms with E-state index in [1.165, 1.54) is 225 Å². The van der Waals surface area contributed by atoms with Gasteiger partial charge in [0.05, 0.1) is 0 Å². The van der Waals surface area contributed by atoms with Gasteiger partial charge < -0.3 is 14.2 Å². The number of esters is 3. The van der Waals surface area contributed by atoms with Crippen LogP contribution in [0.2, 0.25) is 0 Å². The molecule has 0 aromatic rings. The van der Waals surface area contributed by atoms with Gasteiger partial charge in [-0.3, -0.25) is 14.4 Å². The molecule has 0 heterocycles. The molecule has 0 amide bonds.